The molecule has 0 spiro atoms. The van der Waals surface area contributed by atoms with Crippen LogP contribution >= 0.6 is 11.3 Å². The van der Waals surface area contributed by atoms with Crippen LogP contribution in [0.2, 0.25) is 0 Å². The number of hydrogen-bond acceptors (Lipinski definition) is 5. The molecule has 1 aromatic heterocycles. The Hall–Kier alpha value is -1.79. The highest BCUT2D eigenvalue weighted by Crippen LogP contribution is 2.30. The van der Waals surface area contributed by atoms with Crippen molar-refractivity contribution in [2.24, 2.45) is 0 Å². The van der Waals surface area contributed by atoms with Gasteiger partial charge in [0.1, 0.15) is 5.01 Å². The van der Waals surface area contributed by atoms with Gasteiger partial charge in [-0.2, -0.15) is 0 Å². The maximum Gasteiger partial charge on any atom is 0.270 e. The number of non-ortho nitro benzene ring substituents is 1. The number of aromatic nitrogens is 1. The minimum absolute atomic E-state index is 0.0997. The van der Waals surface area contributed by atoms with Gasteiger partial charge in [0, 0.05) is 41.4 Å². The van der Waals surface area contributed by atoms with Crippen molar-refractivity contribution in [3.63, 3.8) is 0 Å². The van der Waals surface area contributed by atoms with Gasteiger partial charge in [0.2, 0.25) is 0 Å². The SMILES string of the molecule is Cc1ccc([N+](=O)[O-])cc1-c1ncc(CNC(C)C)s1. The minimum Gasteiger partial charge on any atom is -0.310 e. The van der Waals surface area contributed by atoms with Crippen molar-refractivity contribution in [3.05, 3.63) is 45.0 Å². The van der Waals surface area contributed by atoms with Gasteiger partial charge in [0.15, 0.2) is 0 Å². The maximum atomic E-state index is 10.9. The third-order valence-electron chi connectivity index (χ3n) is 2.90. The minimum atomic E-state index is -0.377. The molecule has 2 rings (SSSR count). The van der Waals surface area contributed by atoms with Crippen LogP contribution in [0.25, 0.3) is 10.6 Å². The van der Waals surface area contributed by atoms with Crippen molar-refractivity contribution in [3.8, 4) is 10.6 Å². The van der Waals surface area contributed by atoms with Crippen LogP contribution in [0.1, 0.15) is 24.3 Å². The van der Waals surface area contributed by atoms with Crippen molar-refractivity contribution in [2.45, 2.75) is 33.4 Å². The molecule has 0 aliphatic heterocycles. The molecule has 20 heavy (non-hydrogen) atoms. The van der Waals surface area contributed by atoms with Gasteiger partial charge < -0.3 is 5.32 Å². The van der Waals surface area contributed by atoms with Crippen LogP contribution in [0.15, 0.2) is 24.4 Å². The highest BCUT2D eigenvalue weighted by atomic mass is 32.1. The summed E-state index contributed by atoms with van der Waals surface area (Å²) in [5, 5.41) is 15.0. The Morgan fingerprint density at radius 3 is 2.85 bits per heavy atom. The first-order valence-electron chi connectivity index (χ1n) is 6.41. The van der Waals surface area contributed by atoms with Gasteiger partial charge >= 0.3 is 0 Å². The van der Waals surface area contributed by atoms with Gasteiger partial charge in [-0.25, -0.2) is 4.98 Å². The van der Waals surface area contributed by atoms with E-state index >= 15 is 0 Å². The summed E-state index contributed by atoms with van der Waals surface area (Å²) in [5.74, 6) is 0. The topological polar surface area (TPSA) is 68.1 Å². The summed E-state index contributed by atoms with van der Waals surface area (Å²) in [7, 11) is 0. The van der Waals surface area contributed by atoms with Crippen molar-refractivity contribution in [1.29, 1.82) is 0 Å². The second kappa shape index (κ2) is 6.11. The summed E-state index contributed by atoms with van der Waals surface area (Å²) in [6.07, 6.45) is 1.83. The number of nitrogens with zero attached hydrogens (tertiary/aromatic N) is 2. The number of benzene rings is 1. The summed E-state index contributed by atoms with van der Waals surface area (Å²) in [4.78, 5) is 16.0. The molecule has 5 nitrogen and oxygen atoms in total. The van der Waals surface area contributed by atoms with E-state index in [1.165, 1.54) is 6.07 Å². The summed E-state index contributed by atoms with van der Waals surface area (Å²) in [6.45, 7) is 6.88. The van der Waals surface area contributed by atoms with Crippen molar-refractivity contribution in [1.82, 2.24) is 10.3 Å². The molecule has 0 fully saturated rings. The summed E-state index contributed by atoms with van der Waals surface area (Å²) in [5.41, 5.74) is 1.93. The molecule has 0 saturated heterocycles. The second-order valence-corrected chi connectivity index (χ2v) is 6.04. The van der Waals surface area contributed by atoms with Crippen molar-refractivity contribution in [2.75, 3.05) is 0 Å². The van der Waals surface area contributed by atoms with Crippen LogP contribution in [-0.4, -0.2) is 15.9 Å². The molecule has 2 aromatic rings. The third kappa shape index (κ3) is 3.40. The van der Waals surface area contributed by atoms with Crippen LogP contribution in [0.3, 0.4) is 0 Å². The Labute approximate surface area is 121 Å². The Morgan fingerprint density at radius 1 is 1.45 bits per heavy atom. The fourth-order valence-electron chi connectivity index (χ4n) is 1.77. The van der Waals surface area contributed by atoms with Gasteiger partial charge in [-0.3, -0.25) is 10.1 Å². The number of rotatable bonds is 5. The van der Waals surface area contributed by atoms with Crippen LogP contribution in [0.4, 0.5) is 5.69 Å². The Morgan fingerprint density at radius 2 is 2.20 bits per heavy atom. The lowest BCUT2D eigenvalue weighted by Gasteiger charge is -2.05. The zero-order valence-electron chi connectivity index (χ0n) is 11.7. The summed E-state index contributed by atoms with van der Waals surface area (Å²) in [6, 6.07) is 5.29. The first-order valence-corrected chi connectivity index (χ1v) is 7.22. The largest absolute Gasteiger partial charge is 0.310 e. The Bertz CT molecular complexity index is 623. The number of nitro groups is 1. The normalized spacial score (nSPS) is 11.0. The van der Waals surface area contributed by atoms with E-state index in [1.807, 2.05) is 13.1 Å². The van der Waals surface area contributed by atoms with E-state index in [0.29, 0.717) is 6.04 Å². The van der Waals surface area contributed by atoms with Crippen LogP contribution < -0.4 is 5.32 Å². The Kier molecular flexibility index (Phi) is 4.46. The highest BCUT2D eigenvalue weighted by Gasteiger charge is 2.13. The van der Waals surface area contributed by atoms with Crippen LogP contribution in [-0.2, 0) is 6.54 Å². The third-order valence-corrected chi connectivity index (χ3v) is 3.93. The van der Waals surface area contributed by atoms with E-state index in [4.69, 9.17) is 0 Å². The van der Waals surface area contributed by atoms with Crippen LogP contribution in [0.5, 0.6) is 0 Å². The zero-order valence-corrected chi connectivity index (χ0v) is 12.5. The van der Waals surface area contributed by atoms with Gasteiger partial charge in [-0.15, -0.1) is 11.3 Å². The molecule has 106 valence electrons. The molecular formula is C14H17N3O2S. The number of hydrogen-bond donors (Lipinski definition) is 1. The molecule has 1 N–H and O–H groups in total. The fraction of sp³-hybridized carbons (Fsp3) is 0.357. The highest BCUT2D eigenvalue weighted by molar-refractivity contribution is 7.15. The van der Waals surface area contributed by atoms with E-state index in [9.17, 15) is 10.1 Å². The quantitative estimate of drug-likeness (QED) is 0.676. The average Bonchev–Trinajstić information content (AvgIpc) is 2.85. The van der Waals surface area contributed by atoms with Gasteiger partial charge in [0.25, 0.3) is 5.69 Å². The first kappa shape index (κ1) is 14.6. The average molecular weight is 291 g/mol. The smallest absolute Gasteiger partial charge is 0.270 e. The van der Waals surface area contributed by atoms with Crippen LogP contribution in [0, 0.1) is 17.0 Å². The van der Waals surface area contributed by atoms with E-state index < -0.39 is 0 Å². The lowest BCUT2D eigenvalue weighted by atomic mass is 10.1. The molecule has 0 aliphatic carbocycles. The predicted molar refractivity (Wildman–Crippen MR) is 80.9 cm³/mol. The van der Waals surface area contributed by atoms with E-state index in [1.54, 1.807) is 23.5 Å². The van der Waals surface area contributed by atoms with Crippen molar-refractivity contribution >= 4 is 17.0 Å². The number of thiazole rings is 1. The standard InChI is InChI=1S/C14H17N3O2S/c1-9(2)15-7-12-8-16-14(20-12)13-6-11(17(18)19)5-4-10(13)3/h4-6,8-9,15H,7H2,1-3H3. The van der Waals surface area contributed by atoms with Gasteiger partial charge in [-0.05, 0) is 12.5 Å². The van der Waals surface area contributed by atoms with E-state index in [2.05, 4.69) is 24.1 Å². The predicted octanol–water partition coefficient (Wildman–Crippen LogP) is 3.52. The number of nitro benzene ring substituents is 1. The lowest BCUT2D eigenvalue weighted by molar-refractivity contribution is -0.384. The molecule has 0 bridgehead atoms. The molecule has 0 atom stereocenters. The molecular weight excluding hydrogens is 274 g/mol. The summed E-state index contributed by atoms with van der Waals surface area (Å²) < 4.78 is 0. The zero-order chi connectivity index (χ0) is 14.7. The second-order valence-electron chi connectivity index (χ2n) is 4.92. The number of aryl methyl sites for hydroxylation is 1. The molecule has 6 heteroatoms. The molecule has 0 amide bonds. The monoisotopic (exact) mass is 291 g/mol. The molecule has 1 heterocycles. The molecule has 1 aromatic carbocycles. The first-order chi connectivity index (χ1) is 9.47. The van der Waals surface area contributed by atoms with Gasteiger partial charge in [-0.1, -0.05) is 19.9 Å². The Balaban J connectivity index is 2.27. The molecule has 0 unspecified atom stereocenters. The van der Waals surface area contributed by atoms with Crippen molar-refractivity contribution < 1.29 is 4.92 Å². The van der Waals surface area contributed by atoms with E-state index in [0.717, 1.165) is 27.6 Å². The molecule has 0 aliphatic rings. The maximum absolute atomic E-state index is 10.9. The van der Waals surface area contributed by atoms with E-state index in [-0.39, 0.29) is 10.6 Å². The lowest BCUT2D eigenvalue weighted by Crippen LogP contribution is -2.21. The number of nitrogens with one attached hydrogen (secondary N) is 1. The fourth-order valence-corrected chi connectivity index (χ4v) is 2.72. The van der Waals surface area contributed by atoms with Gasteiger partial charge in [0.05, 0.1) is 4.92 Å². The molecule has 0 saturated carbocycles. The molecule has 0 radical (unpaired) electrons. The summed E-state index contributed by atoms with van der Waals surface area (Å²) >= 11 is 1.57.